The smallest absolute Gasteiger partial charge is 0.307 e. The molecule has 2 aromatic rings. The van der Waals surface area contributed by atoms with Crippen molar-refractivity contribution < 1.29 is 14.5 Å². The zero-order valence-electron chi connectivity index (χ0n) is 12.4. The third-order valence-electron chi connectivity index (χ3n) is 3.06. The first-order valence-electron chi connectivity index (χ1n) is 6.37. The highest BCUT2D eigenvalue weighted by Crippen LogP contribution is 2.20. The molecule has 0 aliphatic heterocycles. The van der Waals surface area contributed by atoms with Crippen molar-refractivity contribution in [2.45, 2.75) is 26.1 Å². The van der Waals surface area contributed by atoms with Gasteiger partial charge < -0.3 is 10.1 Å². The van der Waals surface area contributed by atoms with Gasteiger partial charge in [0.1, 0.15) is 24.7 Å². The number of nitro groups is 1. The monoisotopic (exact) mass is 308 g/mol. The Morgan fingerprint density at radius 2 is 2.14 bits per heavy atom. The Morgan fingerprint density at radius 1 is 1.41 bits per heavy atom. The lowest BCUT2D eigenvalue weighted by Gasteiger charge is -2.23. The topological polar surface area (TPSA) is 117 Å². The summed E-state index contributed by atoms with van der Waals surface area (Å²) in [6.45, 7) is 3.49. The zero-order valence-corrected chi connectivity index (χ0v) is 12.4. The van der Waals surface area contributed by atoms with Crippen molar-refractivity contribution in [1.82, 2.24) is 19.6 Å². The number of rotatable bonds is 6. The van der Waals surface area contributed by atoms with Crippen LogP contribution in [0.1, 0.15) is 13.8 Å². The third-order valence-corrected chi connectivity index (χ3v) is 3.06. The van der Waals surface area contributed by atoms with Crippen LogP contribution in [-0.2, 0) is 21.8 Å². The Morgan fingerprint density at radius 3 is 2.73 bits per heavy atom. The van der Waals surface area contributed by atoms with Crippen LogP contribution in [-0.4, -0.2) is 37.5 Å². The van der Waals surface area contributed by atoms with Crippen LogP contribution in [0.4, 0.5) is 11.4 Å². The summed E-state index contributed by atoms with van der Waals surface area (Å²) >= 11 is 0. The molecule has 0 atom stereocenters. The van der Waals surface area contributed by atoms with Gasteiger partial charge in [0.25, 0.3) is 5.91 Å². The van der Waals surface area contributed by atoms with Crippen molar-refractivity contribution in [2.24, 2.45) is 0 Å². The average molecular weight is 308 g/mol. The van der Waals surface area contributed by atoms with Crippen LogP contribution in [0, 0.1) is 10.1 Å². The normalized spacial score (nSPS) is 11.4. The number of ether oxygens (including phenoxy) is 1. The van der Waals surface area contributed by atoms with E-state index in [0.717, 1.165) is 6.20 Å². The fourth-order valence-corrected chi connectivity index (χ4v) is 1.73. The molecule has 0 saturated carbocycles. The van der Waals surface area contributed by atoms with Crippen molar-refractivity contribution in [3.05, 3.63) is 34.9 Å². The highest BCUT2D eigenvalue weighted by Gasteiger charge is 2.32. The van der Waals surface area contributed by atoms with E-state index < -0.39 is 10.5 Å². The molecule has 10 nitrogen and oxygen atoms in total. The van der Waals surface area contributed by atoms with Gasteiger partial charge in [0, 0.05) is 7.11 Å². The van der Waals surface area contributed by atoms with E-state index in [1.165, 1.54) is 28.9 Å². The Kier molecular flexibility index (Phi) is 4.22. The second-order valence-corrected chi connectivity index (χ2v) is 5.10. The number of anilines is 1. The summed E-state index contributed by atoms with van der Waals surface area (Å²) in [5.41, 5.74) is -0.775. The summed E-state index contributed by atoms with van der Waals surface area (Å²) in [7, 11) is 1.54. The number of methoxy groups -OCH3 is 1. The molecule has 10 heteroatoms. The molecule has 0 aliphatic carbocycles. The fraction of sp³-hybridized carbons (Fsp3) is 0.417. The fourth-order valence-electron chi connectivity index (χ4n) is 1.73. The number of nitrogens with zero attached hydrogens (tertiary/aromatic N) is 5. The van der Waals surface area contributed by atoms with Crippen LogP contribution in [0.25, 0.3) is 0 Å². The number of hydrogen-bond acceptors (Lipinski definition) is 6. The molecular weight excluding hydrogens is 292 g/mol. The van der Waals surface area contributed by atoms with Gasteiger partial charge in [-0.2, -0.15) is 10.2 Å². The Hall–Kier alpha value is -2.75. The van der Waals surface area contributed by atoms with E-state index in [4.69, 9.17) is 4.74 Å². The molecular formula is C12H16N6O4. The van der Waals surface area contributed by atoms with E-state index in [0.29, 0.717) is 5.69 Å². The van der Waals surface area contributed by atoms with Gasteiger partial charge in [0.05, 0.1) is 23.0 Å². The first kappa shape index (κ1) is 15.6. The van der Waals surface area contributed by atoms with Crippen LogP contribution < -0.4 is 5.32 Å². The minimum Gasteiger partial charge on any atom is -0.362 e. The number of aromatic nitrogens is 4. The van der Waals surface area contributed by atoms with E-state index in [1.54, 1.807) is 20.0 Å². The minimum absolute atomic E-state index is 0.172. The molecule has 0 fully saturated rings. The van der Waals surface area contributed by atoms with Gasteiger partial charge in [-0.1, -0.05) is 0 Å². The summed E-state index contributed by atoms with van der Waals surface area (Å²) in [6, 6.07) is 0. The van der Waals surface area contributed by atoms with Crippen molar-refractivity contribution >= 4 is 17.3 Å². The van der Waals surface area contributed by atoms with E-state index in [9.17, 15) is 14.9 Å². The molecule has 0 bridgehead atoms. The maximum Gasteiger partial charge on any atom is 0.307 e. The van der Waals surface area contributed by atoms with Gasteiger partial charge in [-0.25, -0.2) is 4.68 Å². The summed E-state index contributed by atoms with van der Waals surface area (Å²) in [5, 5.41) is 21.3. The molecule has 0 spiro atoms. The lowest BCUT2D eigenvalue weighted by molar-refractivity contribution is -0.385. The van der Waals surface area contributed by atoms with Gasteiger partial charge >= 0.3 is 5.69 Å². The largest absolute Gasteiger partial charge is 0.362 e. The van der Waals surface area contributed by atoms with Crippen molar-refractivity contribution in [3.63, 3.8) is 0 Å². The van der Waals surface area contributed by atoms with E-state index in [2.05, 4.69) is 15.5 Å². The molecule has 118 valence electrons. The van der Waals surface area contributed by atoms with Gasteiger partial charge in [-0.05, 0) is 13.8 Å². The molecule has 0 unspecified atom stereocenters. The van der Waals surface area contributed by atoms with Gasteiger partial charge in [0.2, 0.25) is 0 Å². The van der Waals surface area contributed by atoms with Crippen LogP contribution >= 0.6 is 0 Å². The molecule has 0 aromatic carbocycles. The molecule has 0 saturated heterocycles. The molecule has 1 amide bonds. The van der Waals surface area contributed by atoms with E-state index in [1.807, 2.05) is 0 Å². The molecule has 2 rings (SSSR count). The summed E-state index contributed by atoms with van der Waals surface area (Å²) in [4.78, 5) is 22.5. The molecule has 0 radical (unpaired) electrons. The second kappa shape index (κ2) is 5.93. The van der Waals surface area contributed by atoms with Gasteiger partial charge in [0.15, 0.2) is 0 Å². The summed E-state index contributed by atoms with van der Waals surface area (Å²) in [5.74, 6) is -0.373. The second-order valence-electron chi connectivity index (χ2n) is 5.10. The zero-order chi connectivity index (χ0) is 16.3. The van der Waals surface area contributed by atoms with Crippen LogP contribution in [0.2, 0.25) is 0 Å². The predicted octanol–water partition coefficient (Wildman–Crippen LogP) is 0.965. The summed E-state index contributed by atoms with van der Waals surface area (Å²) < 4.78 is 7.68. The van der Waals surface area contributed by atoms with E-state index in [-0.39, 0.29) is 18.3 Å². The Balaban J connectivity index is 2.13. The number of amides is 1. The molecule has 0 aliphatic rings. The quantitative estimate of drug-likeness (QED) is 0.627. The van der Waals surface area contributed by atoms with E-state index >= 15 is 0 Å². The van der Waals surface area contributed by atoms with Crippen LogP contribution in [0.15, 0.2) is 24.8 Å². The lowest BCUT2D eigenvalue weighted by atomic mass is 10.1. The highest BCUT2D eigenvalue weighted by molar-refractivity contribution is 5.95. The first-order chi connectivity index (χ1) is 10.3. The Bertz CT molecular complexity index is 689. The van der Waals surface area contributed by atoms with Crippen LogP contribution in [0.3, 0.4) is 0 Å². The maximum atomic E-state index is 12.4. The predicted molar refractivity (Wildman–Crippen MR) is 76.1 cm³/mol. The highest BCUT2D eigenvalue weighted by atomic mass is 16.6. The average Bonchev–Trinajstić information content (AvgIpc) is 3.08. The number of carbonyl (C=O) groups excluding carboxylic acids is 1. The third kappa shape index (κ3) is 3.11. The van der Waals surface area contributed by atoms with Gasteiger partial charge in [-0.3, -0.25) is 19.6 Å². The SMILES string of the molecule is COCn1cc(NC(=O)C(C)(C)n2cc([N+](=O)[O-])cn2)cn1. The number of carbonyl (C=O) groups is 1. The maximum absolute atomic E-state index is 12.4. The van der Waals surface area contributed by atoms with Crippen molar-refractivity contribution in [1.29, 1.82) is 0 Å². The summed E-state index contributed by atoms with van der Waals surface area (Å²) in [6.07, 6.45) is 5.42. The molecule has 1 N–H and O–H groups in total. The lowest BCUT2D eigenvalue weighted by Crippen LogP contribution is -2.40. The number of hydrogen-bond donors (Lipinski definition) is 1. The van der Waals surface area contributed by atoms with Crippen molar-refractivity contribution in [3.8, 4) is 0 Å². The number of nitrogens with one attached hydrogen (secondary N) is 1. The van der Waals surface area contributed by atoms with Gasteiger partial charge in [-0.15, -0.1) is 0 Å². The molecule has 22 heavy (non-hydrogen) atoms. The Labute approximate surface area is 125 Å². The minimum atomic E-state index is -1.10. The first-order valence-corrected chi connectivity index (χ1v) is 6.37. The van der Waals surface area contributed by atoms with Crippen LogP contribution in [0.5, 0.6) is 0 Å². The molecule has 2 aromatic heterocycles. The van der Waals surface area contributed by atoms with Crippen molar-refractivity contribution in [2.75, 3.05) is 12.4 Å². The standard InChI is InChI=1S/C12H16N6O4/c1-12(2,17-7-10(5-14-17)18(20)21)11(19)15-9-4-13-16(6-9)8-22-3/h4-7H,8H2,1-3H3,(H,15,19). The molecule has 2 heterocycles.